The number of benzene rings is 1. The van der Waals surface area contributed by atoms with Crippen molar-refractivity contribution in [3.05, 3.63) is 56.7 Å². The molecule has 3 heteroatoms. The maximum absolute atomic E-state index is 3.62. The number of thiophene rings is 1. The van der Waals surface area contributed by atoms with Crippen LogP contribution < -0.4 is 5.32 Å². The highest BCUT2D eigenvalue weighted by molar-refractivity contribution is 9.10. The minimum atomic E-state index is 0.351. The first-order chi connectivity index (χ1) is 8.16. The Hall–Kier alpha value is -0.640. The molecule has 2 atom stereocenters. The van der Waals surface area contributed by atoms with Crippen LogP contribution in [-0.4, -0.2) is 0 Å². The SMILES string of the molecule is C[C@H](N[C@@H](C)c1cccs1)c1cccc(Br)c1. The van der Waals surface area contributed by atoms with Crippen molar-refractivity contribution in [2.45, 2.75) is 25.9 Å². The number of halogens is 1. The molecule has 1 heterocycles. The lowest BCUT2D eigenvalue weighted by Gasteiger charge is -2.19. The molecular formula is C14H16BrNS. The predicted molar refractivity (Wildman–Crippen MR) is 78.4 cm³/mol. The Morgan fingerprint density at radius 1 is 1.12 bits per heavy atom. The van der Waals surface area contributed by atoms with E-state index in [1.165, 1.54) is 10.4 Å². The fourth-order valence-corrected chi connectivity index (χ4v) is 3.03. The van der Waals surface area contributed by atoms with Crippen molar-refractivity contribution in [2.75, 3.05) is 0 Å². The minimum absolute atomic E-state index is 0.351. The van der Waals surface area contributed by atoms with Crippen LogP contribution in [0.25, 0.3) is 0 Å². The minimum Gasteiger partial charge on any atom is -0.303 e. The third-order valence-corrected chi connectivity index (χ3v) is 4.37. The number of hydrogen-bond donors (Lipinski definition) is 1. The van der Waals surface area contributed by atoms with E-state index < -0.39 is 0 Å². The lowest BCUT2D eigenvalue weighted by Crippen LogP contribution is -2.21. The molecule has 0 aliphatic heterocycles. The van der Waals surface area contributed by atoms with E-state index in [1.807, 2.05) is 0 Å². The molecule has 0 aliphatic carbocycles. The zero-order valence-corrected chi connectivity index (χ0v) is 12.4. The molecule has 0 spiro atoms. The number of rotatable bonds is 4. The van der Waals surface area contributed by atoms with Crippen LogP contribution in [0.5, 0.6) is 0 Å². The average molecular weight is 310 g/mol. The van der Waals surface area contributed by atoms with Crippen LogP contribution in [0.4, 0.5) is 0 Å². The van der Waals surface area contributed by atoms with Gasteiger partial charge < -0.3 is 5.32 Å². The van der Waals surface area contributed by atoms with Crippen molar-refractivity contribution in [1.29, 1.82) is 0 Å². The van der Waals surface area contributed by atoms with Crippen LogP contribution in [0, 0.1) is 0 Å². The Morgan fingerprint density at radius 3 is 2.59 bits per heavy atom. The van der Waals surface area contributed by atoms with E-state index in [9.17, 15) is 0 Å². The van der Waals surface area contributed by atoms with Crippen LogP contribution in [0.15, 0.2) is 46.3 Å². The first kappa shape index (κ1) is 12.8. The molecule has 0 bridgehead atoms. The van der Waals surface area contributed by atoms with Gasteiger partial charge in [-0.2, -0.15) is 0 Å². The summed E-state index contributed by atoms with van der Waals surface area (Å²) in [5, 5.41) is 5.74. The van der Waals surface area contributed by atoms with Crippen molar-refractivity contribution in [3.63, 3.8) is 0 Å². The van der Waals surface area contributed by atoms with Gasteiger partial charge in [0, 0.05) is 21.4 Å². The van der Waals surface area contributed by atoms with Crippen molar-refractivity contribution < 1.29 is 0 Å². The quantitative estimate of drug-likeness (QED) is 0.845. The van der Waals surface area contributed by atoms with E-state index in [1.54, 1.807) is 11.3 Å². The topological polar surface area (TPSA) is 12.0 Å². The molecule has 0 radical (unpaired) electrons. The fraction of sp³-hybridized carbons (Fsp3) is 0.286. The molecule has 0 saturated heterocycles. The summed E-state index contributed by atoms with van der Waals surface area (Å²) in [6.45, 7) is 4.41. The average Bonchev–Trinajstić information content (AvgIpc) is 2.82. The number of hydrogen-bond acceptors (Lipinski definition) is 2. The second-order valence-electron chi connectivity index (χ2n) is 4.18. The van der Waals surface area contributed by atoms with Gasteiger partial charge in [0.1, 0.15) is 0 Å². The Kier molecular flexibility index (Phi) is 4.37. The Morgan fingerprint density at radius 2 is 1.94 bits per heavy atom. The van der Waals surface area contributed by atoms with Crippen LogP contribution >= 0.6 is 27.3 Å². The summed E-state index contributed by atoms with van der Waals surface area (Å²) in [6.07, 6.45) is 0. The summed E-state index contributed by atoms with van der Waals surface area (Å²) < 4.78 is 1.13. The Balaban J connectivity index is 2.04. The first-order valence-electron chi connectivity index (χ1n) is 5.71. The number of nitrogens with one attached hydrogen (secondary N) is 1. The van der Waals surface area contributed by atoms with Crippen LogP contribution in [0.2, 0.25) is 0 Å². The molecule has 0 unspecified atom stereocenters. The van der Waals surface area contributed by atoms with Crippen LogP contribution in [0.3, 0.4) is 0 Å². The van der Waals surface area contributed by atoms with E-state index in [0.717, 1.165) is 4.47 Å². The van der Waals surface area contributed by atoms with Gasteiger partial charge >= 0.3 is 0 Å². The second-order valence-corrected chi connectivity index (χ2v) is 6.08. The van der Waals surface area contributed by atoms with E-state index in [4.69, 9.17) is 0 Å². The summed E-state index contributed by atoms with van der Waals surface area (Å²) in [6, 6.07) is 13.5. The zero-order valence-electron chi connectivity index (χ0n) is 9.98. The van der Waals surface area contributed by atoms with Gasteiger partial charge in [-0.1, -0.05) is 34.1 Å². The highest BCUT2D eigenvalue weighted by atomic mass is 79.9. The van der Waals surface area contributed by atoms with Gasteiger partial charge in [-0.25, -0.2) is 0 Å². The highest BCUT2D eigenvalue weighted by Gasteiger charge is 2.11. The van der Waals surface area contributed by atoms with Gasteiger partial charge in [0.25, 0.3) is 0 Å². The largest absolute Gasteiger partial charge is 0.303 e. The van der Waals surface area contributed by atoms with E-state index >= 15 is 0 Å². The van der Waals surface area contributed by atoms with Gasteiger partial charge in [0.15, 0.2) is 0 Å². The Labute approximate surface area is 115 Å². The first-order valence-corrected chi connectivity index (χ1v) is 7.39. The Bertz CT molecular complexity index is 467. The molecule has 1 nitrogen and oxygen atoms in total. The lowest BCUT2D eigenvalue weighted by atomic mass is 10.1. The molecule has 17 heavy (non-hydrogen) atoms. The van der Waals surface area contributed by atoms with Crippen molar-refractivity contribution in [3.8, 4) is 0 Å². The molecule has 0 aliphatic rings. The fourth-order valence-electron chi connectivity index (χ4n) is 1.87. The highest BCUT2D eigenvalue weighted by Crippen LogP contribution is 2.23. The lowest BCUT2D eigenvalue weighted by molar-refractivity contribution is 0.500. The molecule has 0 amide bonds. The maximum Gasteiger partial charge on any atom is 0.0391 e. The summed E-state index contributed by atoms with van der Waals surface area (Å²) >= 11 is 5.31. The summed E-state index contributed by atoms with van der Waals surface area (Å²) in [4.78, 5) is 1.38. The van der Waals surface area contributed by atoms with E-state index in [0.29, 0.717) is 12.1 Å². The predicted octanol–water partition coefficient (Wildman–Crippen LogP) is 4.92. The molecule has 1 N–H and O–H groups in total. The van der Waals surface area contributed by atoms with Crippen molar-refractivity contribution in [2.24, 2.45) is 0 Å². The normalized spacial score (nSPS) is 14.5. The van der Waals surface area contributed by atoms with Gasteiger partial charge in [0.2, 0.25) is 0 Å². The molecule has 0 saturated carbocycles. The smallest absolute Gasteiger partial charge is 0.0391 e. The van der Waals surface area contributed by atoms with Crippen molar-refractivity contribution >= 4 is 27.3 Å². The van der Waals surface area contributed by atoms with Gasteiger partial charge in [-0.05, 0) is 43.0 Å². The standard InChI is InChI=1S/C14H16BrNS/c1-10(12-5-3-6-13(15)9-12)16-11(2)14-7-4-8-17-14/h3-11,16H,1-2H3/t10-,11-/m0/s1. The molecule has 1 aromatic carbocycles. The summed E-state index contributed by atoms with van der Waals surface area (Å²) in [5.41, 5.74) is 1.31. The third kappa shape index (κ3) is 3.41. The summed E-state index contributed by atoms with van der Waals surface area (Å²) in [5.74, 6) is 0. The second kappa shape index (κ2) is 5.80. The van der Waals surface area contributed by atoms with Gasteiger partial charge in [-0.15, -0.1) is 11.3 Å². The monoisotopic (exact) mass is 309 g/mol. The van der Waals surface area contributed by atoms with E-state index in [-0.39, 0.29) is 0 Å². The molecule has 2 aromatic rings. The molecule has 90 valence electrons. The summed E-state index contributed by atoms with van der Waals surface area (Å²) in [7, 11) is 0. The molecule has 0 fully saturated rings. The molecular weight excluding hydrogens is 294 g/mol. The third-order valence-electron chi connectivity index (χ3n) is 2.82. The molecule has 2 rings (SSSR count). The van der Waals surface area contributed by atoms with Gasteiger partial charge in [0.05, 0.1) is 0 Å². The zero-order chi connectivity index (χ0) is 12.3. The van der Waals surface area contributed by atoms with Gasteiger partial charge in [-0.3, -0.25) is 0 Å². The molecule has 1 aromatic heterocycles. The van der Waals surface area contributed by atoms with Crippen LogP contribution in [-0.2, 0) is 0 Å². The van der Waals surface area contributed by atoms with Crippen LogP contribution in [0.1, 0.15) is 36.4 Å². The van der Waals surface area contributed by atoms with E-state index in [2.05, 4.69) is 76.9 Å². The van der Waals surface area contributed by atoms with Crippen molar-refractivity contribution in [1.82, 2.24) is 5.32 Å². The maximum atomic E-state index is 3.62.